The van der Waals surface area contributed by atoms with E-state index >= 15 is 8.78 Å². The van der Waals surface area contributed by atoms with E-state index in [1.807, 2.05) is 0 Å². The number of hydrogen-bond donors (Lipinski definition) is 1. The van der Waals surface area contributed by atoms with Crippen molar-refractivity contribution < 1.29 is 23.1 Å². The SMILES string of the molecule is COC(=O)[C@@H]1CCCN1C(=O)C(F)(F)C(Nc1ccccc1)c1ccccc1. The van der Waals surface area contributed by atoms with Crippen LogP contribution < -0.4 is 5.32 Å². The second-order valence-electron chi connectivity index (χ2n) is 6.66. The number of esters is 1. The Balaban J connectivity index is 1.93. The molecule has 2 atom stereocenters. The summed E-state index contributed by atoms with van der Waals surface area (Å²) < 4.78 is 35.6. The number of nitrogens with one attached hydrogen (secondary N) is 1. The van der Waals surface area contributed by atoms with Gasteiger partial charge in [0.15, 0.2) is 0 Å². The maximum absolute atomic E-state index is 15.4. The first-order valence-electron chi connectivity index (χ1n) is 9.08. The average Bonchev–Trinajstić information content (AvgIpc) is 3.21. The number of hydrogen-bond acceptors (Lipinski definition) is 4. The van der Waals surface area contributed by atoms with Crippen molar-refractivity contribution in [1.82, 2.24) is 4.90 Å². The summed E-state index contributed by atoms with van der Waals surface area (Å²) in [6.07, 6.45) is 0.792. The molecule has 1 unspecified atom stereocenters. The van der Waals surface area contributed by atoms with Crippen molar-refractivity contribution in [3.05, 3.63) is 66.2 Å². The molecule has 1 saturated heterocycles. The molecule has 0 saturated carbocycles. The van der Waals surface area contributed by atoms with Gasteiger partial charge in [0.05, 0.1) is 7.11 Å². The highest BCUT2D eigenvalue weighted by Crippen LogP contribution is 2.37. The van der Waals surface area contributed by atoms with E-state index in [0.29, 0.717) is 18.5 Å². The fraction of sp³-hybridized carbons (Fsp3) is 0.333. The summed E-state index contributed by atoms with van der Waals surface area (Å²) in [7, 11) is 1.19. The Bertz CT molecular complexity index is 815. The van der Waals surface area contributed by atoms with Gasteiger partial charge >= 0.3 is 11.9 Å². The van der Waals surface area contributed by atoms with Crippen LogP contribution in [-0.2, 0) is 14.3 Å². The van der Waals surface area contributed by atoms with Crippen molar-refractivity contribution in [2.45, 2.75) is 30.8 Å². The Morgan fingerprint density at radius 2 is 1.71 bits per heavy atom. The fourth-order valence-electron chi connectivity index (χ4n) is 3.44. The number of carbonyl (C=O) groups is 2. The highest BCUT2D eigenvalue weighted by Gasteiger charge is 2.53. The summed E-state index contributed by atoms with van der Waals surface area (Å²) in [5.74, 6) is -5.82. The van der Waals surface area contributed by atoms with Gasteiger partial charge in [0, 0.05) is 12.2 Å². The zero-order chi connectivity index (χ0) is 20.1. The quantitative estimate of drug-likeness (QED) is 0.768. The van der Waals surface area contributed by atoms with Crippen LogP contribution in [0.2, 0.25) is 0 Å². The summed E-state index contributed by atoms with van der Waals surface area (Å²) in [6, 6.07) is 14.1. The molecule has 28 heavy (non-hydrogen) atoms. The first-order chi connectivity index (χ1) is 13.4. The molecular formula is C21H22F2N2O3. The van der Waals surface area contributed by atoms with Crippen molar-refractivity contribution >= 4 is 17.6 Å². The minimum absolute atomic E-state index is 0.0983. The highest BCUT2D eigenvalue weighted by molar-refractivity contribution is 5.90. The van der Waals surface area contributed by atoms with Crippen LogP contribution in [-0.4, -0.2) is 42.4 Å². The maximum atomic E-state index is 15.4. The van der Waals surface area contributed by atoms with Gasteiger partial charge in [-0.2, -0.15) is 8.78 Å². The Labute approximate surface area is 162 Å². The van der Waals surface area contributed by atoms with Crippen LogP contribution in [0.1, 0.15) is 24.4 Å². The third-order valence-corrected chi connectivity index (χ3v) is 4.85. The topological polar surface area (TPSA) is 58.6 Å². The van der Waals surface area contributed by atoms with Crippen LogP contribution >= 0.6 is 0 Å². The molecular weight excluding hydrogens is 366 g/mol. The molecule has 0 spiro atoms. The number of carbonyl (C=O) groups excluding carboxylic acids is 2. The third-order valence-electron chi connectivity index (χ3n) is 4.85. The second kappa shape index (κ2) is 8.37. The predicted molar refractivity (Wildman–Crippen MR) is 101 cm³/mol. The van der Waals surface area contributed by atoms with E-state index in [1.54, 1.807) is 60.7 Å². The summed E-state index contributed by atoms with van der Waals surface area (Å²) in [5, 5.41) is 2.78. The molecule has 0 aliphatic carbocycles. The Hall–Kier alpha value is -2.96. The molecule has 0 aromatic heterocycles. The van der Waals surface area contributed by atoms with Crippen LogP contribution in [0.25, 0.3) is 0 Å². The third kappa shape index (κ3) is 3.98. The van der Waals surface area contributed by atoms with Crippen molar-refractivity contribution in [2.75, 3.05) is 19.0 Å². The van der Waals surface area contributed by atoms with Gasteiger partial charge in [0.2, 0.25) is 0 Å². The lowest BCUT2D eigenvalue weighted by molar-refractivity contribution is -0.166. The second-order valence-corrected chi connectivity index (χ2v) is 6.66. The van der Waals surface area contributed by atoms with Gasteiger partial charge in [0.1, 0.15) is 12.1 Å². The summed E-state index contributed by atoms with van der Waals surface area (Å²) in [4.78, 5) is 25.7. The molecule has 2 aromatic rings. The molecule has 1 amide bonds. The van der Waals surface area contributed by atoms with E-state index in [4.69, 9.17) is 0 Å². The van der Waals surface area contributed by atoms with E-state index in [0.717, 1.165) is 4.90 Å². The standard InChI is InChI=1S/C21H22F2N2O3/c1-28-19(26)17-13-8-14-25(17)20(27)21(22,23)18(15-9-4-2-5-10-15)24-16-11-6-3-7-12-16/h2-7,9-12,17-18,24H,8,13-14H2,1H3/t17-,18?/m0/s1. The van der Waals surface area contributed by atoms with Crippen LogP contribution in [0, 0.1) is 0 Å². The van der Waals surface area contributed by atoms with E-state index < -0.39 is 29.9 Å². The Kier molecular flexibility index (Phi) is 5.92. The molecule has 2 aromatic carbocycles. The summed E-state index contributed by atoms with van der Waals surface area (Å²) in [5.41, 5.74) is 0.744. The van der Waals surface area contributed by atoms with Crippen molar-refractivity contribution in [1.29, 1.82) is 0 Å². The van der Waals surface area contributed by atoms with E-state index in [-0.39, 0.29) is 12.1 Å². The smallest absolute Gasteiger partial charge is 0.348 e. The Morgan fingerprint density at radius 3 is 2.32 bits per heavy atom. The van der Waals surface area contributed by atoms with Gasteiger partial charge in [-0.05, 0) is 30.5 Å². The number of halogens is 2. The van der Waals surface area contributed by atoms with Crippen molar-refractivity contribution in [2.24, 2.45) is 0 Å². The lowest BCUT2D eigenvalue weighted by atomic mass is 9.98. The molecule has 3 rings (SSSR count). The average molecular weight is 388 g/mol. The lowest BCUT2D eigenvalue weighted by Crippen LogP contribution is -2.52. The molecule has 1 N–H and O–H groups in total. The summed E-state index contributed by atoms with van der Waals surface area (Å²) in [6.45, 7) is 0.0983. The minimum Gasteiger partial charge on any atom is -0.467 e. The molecule has 148 valence electrons. The van der Waals surface area contributed by atoms with Crippen LogP contribution in [0.5, 0.6) is 0 Å². The molecule has 1 heterocycles. The number of para-hydroxylation sites is 1. The normalized spacial score (nSPS) is 17.8. The first kappa shape index (κ1) is 19.8. The van der Waals surface area contributed by atoms with Crippen LogP contribution in [0.15, 0.2) is 60.7 Å². The summed E-state index contributed by atoms with van der Waals surface area (Å²) >= 11 is 0. The monoisotopic (exact) mass is 388 g/mol. The molecule has 5 nitrogen and oxygen atoms in total. The number of likely N-dealkylation sites (tertiary alicyclic amines) is 1. The largest absolute Gasteiger partial charge is 0.467 e. The molecule has 1 aliphatic rings. The van der Waals surface area contributed by atoms with Gasteiger partial charge in [0.25, 0.3) is 5.91 Å². The number of amides is 1. The number of ether oxygens (including phenoxy) is 1. The molecule has 1 fully saturated rings. The molecule has 1 aliphatic heterocycles. The van der Waals surface area contributed by atoms with Gasteiger partial charge < -0.3 is 15.0 Å². The number of alkyl halides is 2. The first-order valence-corrected chi connectivity index (χ1v) is 9.08. The number of anilines is 1. The van der Waals surface area contributed by atoms with Gasteiger partial charge in [-0.3, -0.25) is 4.79 Å². The van der Waals surface area contributed by atoms with Crippen LogP contribution in [0.4, 0.5) is 14.5 Å². The fourth-order valence-corrected chi connectivity index (χ4v) is 3.44. The van der Waals surface area contributed by atoms with Crippen molar-refractivity contribution in [3.63, 3.8) is 0 Å². The van der Waals surface area contributed by atoms with E-state index in [1.165, 1.54) is 7.11 Å². The number of methoxy groups -OCH3 is 1. The zero-order valence-corrected chi connectivity index (χ0v) is 15.5. The molecule has 0 radical (unpaired) electrons. The highest BCUT2D eigenvalue weighted by atomic mass is 19.3. The predicted octanol–water partition coefficient (Wildman–Crippen LogP) is 3.64. The van der Waals surface area contributed by atoms with Gasteiger partial charge in [-0.1, -0.05) is 48.5 Å². The maximum Gasteiger partial charge on any atom is 0.348 e. The van der Waals surface area contributed by atoms with Gasteiger partial charge in [-0.25, -0.2) is 4.79 Å². The minimum atomic E-state index is -3.77. The number of benzene rings is 2. The zero-order valence-electron chi connectivity index (χ0n) is 15.5. The lowest BCUT2D eigenvalue weighted by Gasteiger charge is -2.32. The van der Waals surface area contributed by atoms with E-state index in [2.05, 4.69) is 10.1 Å². The van der Waals surface area contributed by atoms with E-state index in [9.17, 15) is 9.59 Å². The van der Waals surface area contributed by atoms with Crippen LogP contribution in [0.3, 0.4) is 0 Å². The number of rotatable bonds is 6. The molecule has 0 bridgehead atoms. The number of nitrogens with zero attached hydrogens (tertiary/aromatic N) is 1. The Morgan fingerprint density at radius 1 is 1.11 bits per heavy atom. The van der Waals surface area contributed by atoms with Crippen molar-refractivity contribution in [3.8, 4) is 0 Å². The van der Waals surface area contributed by atoms with Gasteiger partial charge in [-0.15, -0.1) is 0 Å². The molecule has 7 heteroatoms.